The monoisotopic (exact) mass is 404 g/mol. The van der Waals surface area contributed by atoms with Crippen molar-refractivity contribution in [3.63, 3.8) is 0 Å². The van der Waals surface area contributed by atoms with Gasteiger partial charge in [-0.2, -0.15) is 5.10 Å². The Hall–Kier alpha value is -2.99. The maximum absolute atomic E-state index is 13.4. The molecule has 1 fully saturated rings. The van der Waals surface area contributed by atoms with E-state index in [0.717, 1.165) is 47.8 Å². The van der Waals surface area contributed by atoms with E-state index in [2.05, 4.69) is 10.1 Å². The average Bonchev–Trinajstić information content (AvgIpc) is 3.38. The lowest BCUT2D eigenvalue weighted by Crippen LogP contribution is -2.38. The van der Waals surface area contributed by atoms with Crippen LogP contribution >= 0.6 is 0 Å². The van der Waals surface area contributed by atoms with Crippen LogP contribution in [-0.2, 0) is 22.5 Å². The first-order chi connectivity index (χ1) is 14.6. The molecule has 30 heavy (non-hydrogen) atoms. The highest BCUT2D eigenvalue weighted by molar-refractivity contribution is 5.79. The van der Waals surface area contributed by atoms with Crippen molar-refractivity contribution in [1.29, 1.82) is 0 Å². The lowest BCUT2D eigenvalue weighted by Gasteiger charge is -2.25. The molecule has 0 N–H and O–H groups in total. The number of hydrogen-bond acceptors (Lipinski definition) is 4. The van der Waals surface area contributed by atoms with E-state index in [9.17, 15) is 4.79 Å². The molecule has 1 unspecified atom stereocenters. The second kappa shape index (κ2) is 9.22. The quantitative estimate of drug-likeness (QED) is 0.603. The molecule has 6 nitrogen and oxygen atoms in total. The molecule has 1 aliphatic rings. The highest BCUT2D eigenvalue weighted by atomic mass is 16.5. The fourth-order valence-electron chi connectivity index (χ4n) is 3.99. The SMILES string of the molecule is Cc1nn(-c2ccccc2)c(C)c1CC(=O)N(Cc1ccccn1)CC1CCCO1. The molecule has 0 bridgehead atoms. The summed E-state index contributed by atoms with van der Waals surface area (Å²) < 4.78 is 7.72. The van der Waals surface area contributed by atoms with Crippen LogP contribution in [0.15, 0.2) is 54.7 Å². The van der Waals surface area contributed by atoms with Crippen LogP contribution in [0.5, 0.6) is 0 Å². The highest BCUT2D eigenvalue weighted by Crippen LogP contribution is 2.21. The van der Waals surface area contributed by atoms with Crippen LogP contribution in [0.4, 0.5) is 0 Å². The molecule has 1 saturated heterocycles. The molecule has 0 spiro atoms. The first-order valence-corrected chi connectivity index (χ1v) is 10.5. The van der Waals surface area contributed by atoms with Gasteiger partial charge in [-0.15, -0.1) is 0 Å². The van der Waals surface area contributed by atoms with Gasteiger partial charge in [0.2, 0.25) is 5.91 Å². The van der Waals surface area contributed by atoms with Gasteiger partial charge in [-0.1, -0.05) is 24.3 Å². The number of nitrogens with zero attached hydrogens (tertiary/aromatic N) is 4. The molecule has 1 aliphatic heterocycles. The van der Waals surface area contributed by atoms with Gasteiger partial charge >= 0.3 is 0 Å². The van der Waals surface area contributed by atoms with E-state index in [0.29, 0.717) is 19.5 Å². The van der Waals surface area contributed by atoms with E-state index < -0.39 is 0 Å². The molecule has 3 aromatic rings. The van der Waals surface area contributed by atoms with Crippen LogP contribution in [0.2, 0.25) is 0 Å². The van der Waals surface area contributed by atoms with Crippen molar-refractivity contribution >= 4 is 5.91 Å². The Bertz CT molecular complexity index is 979. The Morgan fingerprint density at radius 1 is 1.17 bits per heavy atom. The number of para-hydroxylation sites is 1. The largest absolute Gasteiger partial charge is 0.376 e. The molecule has 1 amide bonds. The molecule has 4 rings (SSSR count). The Balaban J connectivity index is 1.55. The number of aryl methyl sites for hydroxylation is 1. The number of amides is 1. The third-order valence-corrected chi connectivity index (χ3v) is 5.65. The fourth-order valence-corrected chi connectivity index (χ4v) is 3.99. The average molecular weight is 405 g/mol. The van der Waals surface area contributed by atoms with Gasteiger partial charge in [0.1, 0.15) is 0 Å². The lowest BCUT2D eigenvalue weighted by atomic mass is 10.1. The van der Waals surface area contributed by atoms with Crippen molar-refractivity contribution in [2.45, 2.75) is 45.8 Å². The lowest BCUT2D eigenvalue weighted by molar-refractivity contribution is -0.132. The molecule has 0 radical (unpaired) electrons. The van der Waals surface area contributed by atoms with Gasteiger partial charge in [-0.3, -0.25) is 9.78 Å². The Labute approximate surface area is 177 Å². The number of pyridine rings is 1. The van der Waals surface area contributed by atoms with Crippen molar-refractivity contribution in [3.8, 4) is 5.69 Å². The summed E-state index contributed by atoms with van der Waals surface area (Å²) in [5.41, 5.74) is 4.77. The minimum atomic E-state index is 0.0787. The number of rotatable bonds is 7. The Kier molecular flexibility index (Phi) is 6.23. The topological polar surface area (TPSA) is 60.2 Å². The van der Waals surface area contributed by atoms with E-state index in [-0.39, 0.29) is 12.0 Å². The number of aromatic nitrogens is 3. The molecule has 2 aromatic heterocycles. The molecule has 156 valence electrons. The standard InChI is InChI=1S/C24H28N4O2/c1-18-23(19(2)28(26-18)21-10-4-3-5-11-21)15-24(29)27(17-22-12-8-14-30-22)16-20-9-6-7-13-25-20/h3-7,9-11,13,22H,8,12,14-17H2,1-2H3. The van der Waals surface area contributed by atoms with E-state index in [1.807, 2.05) is 72.0 Å². The number of benzene rings is 1. The summed E-state index contributed by atoms with van der Waals surface area (Å²) in [7, 11) is 0. The van der Waals surface area contributed by atoms with E-state index in [1.165, 1.54) is 0 Å². The summed E-state index contributed by atoms with van der Waals surface area (Å²) >= 11 is 0. The van der Waals surface area contributed by atoms with E-state index in [4.69, 9.17) is 4.74 Å². The maximum atomic E-state index is 13.4. The molecule has 1 aromatic carbocycles. The smallest absolute Gasteiger partial charge is 0.227 e. The second-order valence-corrected chi connectivity index (χ2v) is 7.80. The van der Waals surface area contributed by atoms with Gasteiger partial charge in [0.15, 0.2) is 0 Å². The second-order valence-electron chi connectivity index (χ2n) is 7.80. The molecule has 1 atom stereocenters. The van der Waals surface area contributed by atoms with Crippen molar-refractivity contribution < 1.29 is 9.53 Å². The summed E-state index contributed by atoms with van der Waals surface area (Å²) in [5.74, 6) is 0.0787. The number of carbonyl (C=O) groups excluding carboxylic acids is 1. The molecular weight excluding hydrogens is 376 g/mol. The summed E-state index contributed by atoms with van der Waals surface area (Å²) in [4.78, 5) is 19.7. The Morgan fingerprint density at radius 2 is 1.97 bits per heavy atom. The molecule has 6 heteroatoms. The van der Waals surface area contributed by atoms with Crippen LogP contribution in [0.25, 0.3) is 5.69 Å². The molecule has 0 saturated carbocycles. The van der Waals surface area contributed by atoms with Gasteiger partial charge in [0, 0.05) is 30.6 Å². The molecular formula is C24H28N4O2. The van der Waals surface area contributed by atoms with Crippen LogP contribution in [0, 0.1) is 13.8 Å². The minimum absolute atomic E-state index is 0.0787. The van der Waals surface area contributed by atoms with Crippen molar-refractivity contribution in [3.05, 3.63) is 77.4 Å². The van der Waals surface area contributed by atoms with Crippen LogP contribution in [-0.4, -0.2) is 44.8 Å². The number of carbonyl (C=O) groups is 1. The van der Waals surface area contributed by atoms with Gasteiger partial charge in [0.05, 0.1) is 36.1 Å². The van der Waals surface area contributed by atoms with Crippen molar-refractivity contribution in [1.82, 2.24) is 19.7 Å². The van der Waals surface area contributed by atoms with Gasteiger partial charge in [-0.25, -0.2) is 4.68 Å². The van der Waals surface area contributed by atoms with Crippen molar-refractivity contribution in [2.75, 3.05) is 13.2 Å². The Morgan fingerprint density at radius 3 is 2.67 bits per heavy atom. The summed E-state index contributed by atoms with van der Waals surface area (Å²) in [6.07, 6.45) is 4.24. The molecule has 0 aliphatic carbocycles. The summed E-state index contributed by atoms with van der Waals surface area (Å²) in [6, 6.07) is 15.8. The van der Waals surface area contributed by atoms with Gasteiger partial charge < -0.3 is 9.64 Å². The third-order valence-electron chi connectivity index (χ3n) is 5.65. The predicted octanol–water partition coefficient (Wildman–Crippen LogP) is 3.63. The number of ether oxygens (including phenoxy) is 1. The fraction of sp³-hybridized carbons (Fsp3) is 0.375. The minimum Gasteiger partial charge on any atom is -0.376 e. The predicted molar refractivity (Wildman–Crippen MR) is 115 cm³/mol. The summed E-state index contributed by atoms with van der Waals surface area (Å²) in [5, 5.41) is 4.69. The van der Waals surface area contributed by atoms with Crippen LogP contribution in [0.1, 0.15) is 35.5 Å². The van der Waals surface area contributed by atoms with E-state index >= 15 is 0 Å². The zero-order chi connectivity index (χ0) is 20.9. The third kappa shape index (κ3) is 4.60. The maximum Gasteiger partial charge on any atom is 0.227 e. The molecule has 3 heterocycles. The summed E-state index contributed by atoms with van der Waals surface area (Å²) in [6.45, 7) is 5.86. The first-order valence-electron chi connectivity index (χ1n) is 10.5. The van der Waals surface area contributed by atoms with Crippen LogP contribution < -0.4 is 0 Å². The zero-order valence-electron chi connectivity index (χ0n) is 17.6. The van der Waals surface area contributed by atoms with E-state index in [1.54, 1.807) is 6.20 Å². The van der Waals surface area contributed by atoms with Crippen molar-refractivity contribution in [2.24, 2.45) is 0 Å². The highest BCUT2D eigenvalue weighted by Gasteiger charge is 2.25. The van der Waals surface area contributed by atoms with Crippen LogP contribution in [0.3, 0.4) is 0 Å². The normalized spacial score (nSPS) is 16.0. The zero-order valence-corrected chi connectivity index (χ0v) is 17.6. The number of hydrogen-bond donors (Lipinski definition) is 0. The first kappa shape index (κ1) is 20.3. The van der Waals surface area contributed by atoms with Gasteiger partial charge in [0.25, 0.3) is 0 Å². The van der Waals surface area contributed by atoms with Gasteiger partial charge in [-0.05, 0) is 51.0 Å².